The lowest BCUT2D eigenvalue weighted by atomic mass is 10.1. The zero-order valence-corrected chi connectivity index (χ0v) is 18.1. The van der Waals surface area contributed by atoms with Gasteiger partial charge < -0.3 is 4.74 Å². The molecule has 0 spiro atoms. The summed E-state index contributed by atoms with van der Waals surface area (Å²) in [5.74, 6) is -0.219. The summed E-state index contributed by atoms with van der Waals surface area (Å²) in [5.41, 5.74) is 0.721. The second-order valence-electron chi connectivity index (χ2n) is 8.05. The van der Waals surface area contributed by atoms with E-state index in [2.05, 4.69) is 4.98 Å². The number of non-ortho nitro benzene ring substituents is 1. The Balaban J connectivity index is 1.73. The number of ether oxygens (including phenoxy) is 1. The van der Waals surface area contributed by atoms with Crippen molar-refractivity contribution in [3.05, 3.63) is 39.8 Å². The molecule has 1 aliphatic heterocycles. The van der Waals surface area contributed by atoms with Crippen LogP contribution in [0.5, 0.6) is 0 Å². The Kier molecular flexibility index (Phi) is 6.06. The molecule has 1 fully saturated rings. The Morgan fingerprint density at radius 1 is 1.30 bits per heavy atom. The molecule has 0 radical (unpaired) electrons. The lowest BCUT2D eigenvalue weighted by Gasteiger charge is -2.29. The van der Waals surface area contributed by atoms with E-state index < -0.39 is 22.7 Å². The van der Waals surface area contributed by atoms with Crippen molar-refractivity contribution in [2.24, 2.45) is 0 Å². The van der Waals surface area contributed by atoms with E-state index in [0.717, 1.165) is 12.0 Å². The molecule has 1 aliphatic rings. The summed E-state index contributed by atoms with van der Waals surface area (Å²) in [6, 6.07) is 5.50. The molecule has 2 aromatic rings. The number of likely N-dealkylation sites (tertiary alicyclic amines) is 1. The van der Waals surface area contributed by atoms with Gasteiger partial charge in [0.2, 0.25) is 0 Å². The lowest BCUT2D eigenvalue weighted by molar-refractivity contribution is -0.384. The maximum Gasteiger partial charge on any atom is 0.410 e. The first-order valence-corrected chi connectivity index (χ1v) is 10.4. The minimum absolute atomic E-state index is 0.00460. The third kappa shape index (κ3) is 4.76. The van der Waals surface area contributed by atoms with Gasteiger partial charge in [0.15, 0.2) is 5.13 Å². The zero-order valence-electron chi connectivity index (χ0n) is 17.3. The number of thiazole rings is 1. The average molecular weight is 433 g/mol. The minimum atomic E-state index is -0.631. The molecule has 1 aromatic carbocycles. The Labute approximate surface area is 178 Å². The first kappa shape index (κ1) is 21.7. The maximum absolute atomic E-state index is 13.1. The summed E-state index contributed by atoms with van der Waals surface area (Å²) in [7, 11) is 1.63. The first-order chi connectivity index (χ1) is 14.1. The number of hydrogen-bond acceptors (Lipinski definition) is 7. The number of nitrogens with zero attached hydrogens (tertiary/aromatic N) is 4. The van der Waals surface area contributed by atoms with Gasteiger partial charge in [-0.05, 0) is 45.7 Å². The van der Waals surface area contributed by atoms with Gasteiger partial charge in [0, 0.05) is 36.7 Å². The van der Waals surface area contributed by atoms with Crippen LogP contribution in [0.3, 0.4) is 0 Å². The summed E-state index contributed by atoms with van der Waals surface area (Å²) in [6.45, 7) is 5.85. The lowest BCUT2D eigenvalue weighted by Crippen LogP contribution is -2.48. The number of benzene rings is 1. The monoisotopic (exact) mass is 432 g/mol. The van der Waals surface area contributed by atoms with Gasteiger partial charge >= 0.3 is 6.09 Å². The van der Waals surface area contributed by atoms with E-state index in [1.165, 1.54) is 33.3 Å². The van der Waals surface area contributed by atoms with E-state index in [-0.39, 0.29) is 11.6 Å². The van der Waals surface area contributed by atoms with E-state index in [4.69, 9.17) is 4.74 Å². The van der Waals surface area contributed by atoms with Crippen molar-refractivity contribution < 1.29 is 19.2 Å². The van der Waals surface area contributed by atoms with Gasteiger partial charge in [0.1, 0.15) is 11.6 Å². The largest absolute Gasteiger partial charge is 0.444 e. The number of rotatable bonds is 4. The van der Waals surface area contributed by atoms with Crippen molar-refractivity contribution >= 4 is 34.2 Å². The van der Waals surface area contributed by atoms with Crippen LogP contribution >= 0.6 is 11.3 Å². The highest BCUT2D eigenvalue weighted by Crippen LogP contribution is 2.30. The topological polar surface area (TPSA) is 106 Å². The van der Waals surface area contributed by atoms with Crippen molar-refractivity contribution in [3.8, 4) is 11.3 Å². The number of nitro groups is 1. The smallest absolute Gasteiger partial charge is 0.410 e. The fraction of sp³-hybridized carbons (Fsp3) is 0.450. The molecular formula is C20H24N4O5S. The number of nitro benzene ring substituents is 1. The maximum atomic E-state index is 13.1. The Morgan fingerprint density at radius 2 is 1.97 bits per heavy atom. The van der Waals surface area contributed by atoms with Crippen LogP contribution in [0.1, 0.15) is 33.6 Å². The van der Waals surface area contributed by atoms with Crippen LogP contribution < -0.4 is 4.90 Å². The summed E-state index contributed by atoms with van der Waals surface area (Å²) in [6.07, 6.45) is 0.816. The van der Waals surface area contributed by atoms with Gasteiger partial charge in [0.25, 0.3) is 11.6 Å². The molecule has 2 heterocycles. The molecule has 2 amide bonds. The Bertz CT molecular complexity index is 951. The molecular weight excluding hydrogens is 408 g/mol. The number of amides is 2. The number of carbonyl (C=O) groups is 2. The highest BCUT2D eigenvalue weighted by Gasteiger charge is 2.38. The standard InChI is InChI=1S/C20H24N4O5S/c1-20(2,3)29-19(26)23-11-5-6-16(23)17(25)22(4)18-21-15(12-30-18)13-7-9-14(10-8-13)24(27)28/h7-10,12,16H,5-6,11H2,1-4H3. The molecule has 10 heteroatoms. The molecule has 1 unspecified atom stereocenters. The fourth-order valence-electron chi connectivity index (χ4n) is 3.19. The van der Waals surface area contributed by atoms with Crippen LogP contribution in [0.15, 0.2) is 29.6 Å². The normalized spacial score (nSPS) is 16.4. The molecule has 0 N–H and O–H groups in total. The molecule has 3 rings (SSSR count). The highest BCUT2D eigenvalue weighted by atomic mass is 32.1. The molecule has 0 bridgehead atoms. The quantitative estimate of drug-likeness (QED) is 0.532. The molecule has 1 atom stereocenters. The molecule has 1 aromatic heterocycles. The van der Waals surface area contributed by atoms with Crippen molar-refractivity contribution in [1.29, 1.82) is 0 Å². The second-order valence-corrected chi connectivity index (χ2v) is 8.88. The van der Waals surface area contributed by atoms with E-state index in [1.54, 1.807) is 45.3 Å². The van der Waals surface area contributed by atoms with Crippen molar-refractivity contribution in [2.75, 3.05) is 18.5 Å². The summed E-state index contributed by atoms with van der Waals surface area (Å²) in [4.78, 5) is 43.3. The summed E-state index contributed by atoms with van der Waals surface area (Å²) in [5, 5.41) is 13.1. The molecule has 30 heavy (non-hydrogen) atoms. The van der Waals surface area contributed by atoms with Crippen molar-refractivity contribution in [2.45, 2.75) is 45.3 Å². The average Bonchev–Trinajstić information content (AvgIpc) is 3.35. The number of likely N-dealkylation sites (N-methyl/N-ethyl adjacent to an activating group) is 1. The van der Waals surface area contributed by atoms with Gasteiger partial charge in [-0.15, -0.1) is 11.3 Å². The summed E-state index contributed by atoms with van der Waals surface area (Å²) < 4.78 is 5.43. The number of hydrogen-bond donors (Lipinski definition) is 0. The summed E-state index contributed by atoms with van der Waals surface area (Å²) >= 11 is 1.30. The third-order valence-corrected chi connectivity index (χ3v) is 5.57. The van der Waals surface area contributed by atoms with E-state index >= 15 is 0 Å². The van der Waals surface area contributed by atoms with Gasteiger partial charge in [-0.2, -0.15) is 0 Å². The third-order valence-electron chi connectivity index (χ3n) is 4.65. The van der Waals surface area contributed by atoms with E-state index in [1.807, 2.05) is 0 Å². The number of anilines is 1. The Morgan fingerprint density at radius 3 is 2.57 bits per heavy atom. The van der Waals surface area contributed by atoms with Crippen molar-refractivity contribution in [1.82, 2.24) is 9.88 Å². The van der Waals surface area contributed by atoms with Gasteiger partial charge in [-0.25, -0.2) is 9.78 Å². The van der Waals surface area contributed by atoms with Crippen LogP contribution in [0.25, 0.3) is 11.3 Å². The predicted molar refractivity (Wildman–Crippen MR) is 114 cm³/mol. The van der Waals surface area contributed by atoms with Gasteiger partial charge in [-0.3, -0.25) is 24.7 Å². The SMILES string of the molecule is CN(C(=O)C1CCCN1C(=O)OC(C)(C)C)c1nc(-c2ccc([N+](=O)[O-])cc2)cs1. The molecule has 0 aliphatic carbocycles. The Hall–Kier alpha value is -3.01. The van der Waals surface area contributed by atoms with Crippen LogP contribution in [0.4, 0.5) is 15.6 Å². The molecule has 1 saturated heterocycles. The van der Waals surface area contributed by atoms with Crippen molar-refractivity contribution in [3.63, 3.8) is 0 Å². The number of carbonyl (C=O) groups excluding carboxylic acids is 2. The molecule has 160 valence electrons. The number of aromatic nitrogens is 1. The fourth-order valence-corrected chi connectivity index (χ4v) is 3.99. The first-order valence-electron chi connectivity index (χ1n) is 9.54. The van der Waals surface area contributed by atoms with Crippen LogP contribution in [-0.2, 0) is 9.53 Å². The minimum Gasteiger partial charge on any atom is -0.444 e. The molecule has 0 saturated carbocycles. The van der Waals surface area contributed by atoms with E-state index in [0.29, 0.717) is 23.8 Å². The van der Waals surface area contributed by atoms with Crippen LogP contribution in [-0.4, -0.2) is 52.0 Å². The van der Waals surface area contributed by atoms with Crippen LogP contribution in [0, 0.1) is 10.1 Å². The van der Waals surface area contributed by atoms with Gasteiger partial charge in [0.05, 0.1) is 10.6 Å². The predicted octanol–water partition coefficient (Wildman–Crippen LogP) is 4.08. The van der Waals surface area contributed by atoms with Gasteiger partial charge in [-0.1, -0.05) is 0 Å². The highest BCUT2D eigenvalue weighted by molar-refractivity contribution is 7.14. The van der Waals surface area contributed by atoms with E-state index in [9.17, 15) is 19.7 Å². The second kappa shape index (κ2) is 8.39. The van der Waals surface area contributed by atoms with Crippen LogP contribution in [0.2, 0.25) is 0 Å². The molecule has 9 nitrogen and oxygen atoms in total. The zero-order chi connectivity index (χ0) is 22.1.